The van der Waals surface area contributed by atoms with Gasteiger partial charge in [0.15, 0.2) is 0 Å². The lowest BCUT2D eigenvalue weighted by Gasteiger charge is -2.29. The van der Waals surface area contributed by atoms with Crippen molar-refractivity contribution in [2.75, 3.05) is 13.7 Å². The lowest BCUT2D eigenvalue weighted by Crippen LogP contribution is -2.31. The number of nitrogens with zero attached hydrogens (tertiary/aromatic N) is 1. The topological polar surface area (TPSA) is 67.4 Å². The van der Waals surface area contributed by atoms with Crippen LogP contribution in [-0.2, 0) is 4.74 Å². The molecule has 3 rings (SSSR count). The molecule has 5 heteroatoms. The Balaban J connectivity index is 2.27. The molecule has 1 aromatic carbocycles. The van der Waals surface area contributed by atoms with E-state index in [1.807, 2.05) is 12.1 Å². The number of methoxy groups -OCH3 is 1. The zero-order valence-corrected chi connectivity index (χ0v) is 8.80. The van der Waals surface area contributed by atoms with E-state index in [0.717, 1.165) is 22.2 Å². The zero-order chi connectivity index (χ0) is 11.1. The number of aliphatic hydroxyl groups excluding tert-OH is 1. The van der Waals surface area contributed by atoms with Crippen LogP contribution in [-0.4, -0.2) is 35.1 Å². The SMILES string of the molecule is COC1c2c(ccc3cn[nH]c23)OCC1O. The highest BCUT2D eigenvalue weighted by molar-refractivity contribution is 5.84. The second-order valence-electron chi connectivity index (χ2n) is 3.85. The molecule has 0 saturated carbocycles. The number of aliphatic hydroxyl groups is 1. The van der Waals surface area contributed by atoms with Crippen LogP contribution >= 0.6 is 0 Å². The predicted octanol–water partition coefficient (Wildman–Crippen LogP) is 1.00. The Morgan fingerprint density at radius 3 is 3.25 bits per heavy atom. The molecule has 1 aromatic heterocycles. The molecule has 2 aromatic rings. The van der Waals surface area contributed by atoms with Crippen LogP contribution in [0, 0.1) is 0 Å². The van der Waals surface area contributed by atoms with Gasteiger partial charge in [0.1, 0.15) is 24.6 Å². The lowest BCUT2D eigenvalue weighted by atomic mass is 9.98. The van der Waals surface area contributed by atoms with Gasteiger partial charge in [0, 0.05) is 12.5 Å². The highest BCUT2D eigenvalue weighted by Gasteiger charge is 2.31. The van der Waals surface area contributed by atoms with Gasteiger partial charge in [-0.1, -0.05) is 0 Å². The van der Waals surface area contributed by atoms with E-state index in [-0.39, 0.29) is 12.7 Å². The average Bonchev–Trinajstić information content (AvgIpc) is 2.77. The molecule has 0 amide bonds. The van der Waals surface area contributed by atoms with Crippen molar-refractivity contribution in [3.8, 4) is 5.75 Å². The largest absolute Gasteiger partial charge is 0.490 e. The summed E-state index contributed by atoms with van der Waals surface area (Å²) in [6.07, 6.45) is 0.725. The number of aromatic amines is 1. The van der Waals surface area contributed by atoms with Gasteiger partial charge in [0.25, 0.3) is 0 Å². The average molecular weight is 220 g/mol. The van der Waals surface area contributed by atoms with Crippen LogP contribution in [0.4, 0.5) is 0 Å². The maximum absolute atomic E-state index is 9.83. The lowest BCUT2D eigenvalue weighted by molar-refractivity contribution is -0.0481. The second-order valence-corrected chi connectivity index (χ2v) is 3.85. The van der Waals surface area contributed by atoms with Crippen molar-refractivity contribution in [3.05, 3.63) is 23.9 Å². The molecule has 0 bridgehead atoms. The van der Waals surface area contributed by atoms with E-state index in [9.17, 15) is 5.11 Å². The summed E-state index contributed by atoms with van der Waals surface area (Å²) in [5.41, 5.74) is 1.71. The van der Waals surface area contributed by atoms with Gasteiger partial charge in [-0.15, -0.1) is 0 Å². The molecule has 0 spiro atoms. The third-order valence-corrected chi connectivity index (χ3v) is 2.92. The Morgan fingerprint density at radius 2 is 2.44 bits per heavy atom. The Bertz CT molecular complexity index is 523. The summed E-state index contributed by atoms with van der Waals surface area (Å²) >= 11 is 0. The fraction of sp³-hybridized carbons (Fsp3) is 0.364. The van der Waals surface area contributed by atoms with Crippen molar-refractivity contribution in [3.63, 3.8) is 0 Å². The highest BCUT2D eigenvalue weighted by atomic mass is 16.5. The van der Waals surface area contributed by atoms with Crippen molar-refractivity contribution in [2.45, 2.75) is 12.2 Å². The summed E-state index contributed by atoms with van der Waals surface area (Å²) < 4.78 is 10.8. The van der Waals surface area contributed by atoms with E-state index in [0.29, 0.717) is 0 Å². The first-order valence-electron chi connectivity index (χ1n) is 5.11. The van der Waals surface area contributed by atoms with Gasteiger partial charge in [0.2, 0.25) is 0 Å². The van der Waals surface area contributed by atoms with Gasteiger partial charge < -0.3 is 14.6 Å². The van der Waals surface area contributed by atoms with Crippen LogP contribution in [0.25, 0.3) is 10.9 Å². The van der Waals surface area contributed by atoms with Crippen molar-refractivity contribution in [1.29, 1.82) is 0 Å². The van der Waals surface area contributed by atoms with E-state index >= 15 is 0 Å². The monoisotopic (exact) mass is 220 g/mol. The maximum Gasteiger partial charge on any atom is 0.127 e. The van der Waals surface area contributed by atoms with Crippen LogP contribution in [0.2, 0.25) is 0 Å². The third kappa shape index (κ3) is 1.22. The molecule has 2 heterocycles. The first kappa shape index (κ1) is 9.62. The minimum Gasteiger partial charge on any atom is -0.490 e. The molecule has 16 heavy (non-hydrogen) atoms. The van der Waals surface area contributed by atoms with Crippen molar-refractivity contribution >= 4 is 10.9 Å². The molecule has 0 radical (unpaired) electrons. The molecule has 0 aliphatic carbocycles. The van der Waals surface area contributed by atoms with Crippen molar-refractivity contribution < 1.29 is 14.6 Å². The summed E-state index contributed by atoms with van der Waals surface area (Å²) in [4.78, 5) is 0. The number of fused-ring (bicyclic) bond motifs is 3. The van der Waals surface area contributed by atoms with Crippen molar-refractivity contribution in [2.24, 2.45) is 0 Å². The molecule has 2 atom stereocenters. The Hall–Kier alpha value is -1.59. The molecular formula is C11H12N2O3. The summed E-state index contributed by atoms with van der Waals surface area (Å²) in [5, 5.41) is 17.7. The van der Waals surface area contributed by atoms with E-state index < -0.39 is 6.10 Å². The number of benzene rings is 1. The highest BCUT2D eigenvalue weighted by Crippen LogP contribution is 2.38. The predicted molar refractivity (Wildman–Crippen MR) is 57.3 cm³/mol. The third-order valence-electron chi connectivity index (χ3n) is 2.92. The molecule has 5 nitrogen and oxygen atoms in total. The second kappa shape index (κ2) is 3.47. The number of rotatable bonds is 1. The van der Waals surface area contributed by atoms with E-state index in [2.05, 4.69) is 10.2 Å². The molecule has 1 aliphatic heterocycles. The minimum absolute atomic E-state index is 0.255. The number of hydrogen-bond donors (Lipinski definition) is 2. The molecule has 0 saturated heterocycles. The van der Waals surface area contributed by atoms with Crippen LogP contribution in [0.5, 0.6) is 5.75 Å². The number of H-pyrrole nitrogens is 1. The van der Waals surface area contributed by atoms with Crippen molar-refractivity contribution in [1.82, 2.24) is 10.2 Å². The Labute approximate surface area is 92.0 Å². The van der Waals surface area contributed by atoms with Crippen LogP contribution < -0.4 is 4.74 Å². The summed E-state index contributed by atoms with van der Waals surface area (Å²) in [7, 11) is 1.58. The van der Waals surface area contributed by atoms with E-state index in [1.165, 1.54) is 0 Å². The Kier molecular flexibility index (Phi) is 2.08. The minimum atomic E-state index is -0.647. The normalized spacial score (nSPS) is 24.1. The first-order chi connectivity index (χ1) is 7.81. The fourth-order valence-electron chi connectivity index (χ4n) is 2.15. The van der Waals surface area contributed by atoms with Gasteiger partial charge in [0.05, 0.1) is 17.3 Å². The quantitative estimate of drug-likeness (QED) is 0.752. The fourth-order valence-corrected chi connectivity index (χ4v) is 2.15. The maximum atomic E-state index is 9.83. The van der Waals surface area contributed by atoms with Gasteiger partial charge in [-0.3, -0.25) is 5.10 Å². The number of aromatic nitrogens is 2. The number of nitrogens with one attached hydrogen (secondary N) is 1. The van der Waals surface area contributed by atoms with Gasteiger partial charge in [-0.2, -0.15) is 5.10 Å². The summed E-state index contributed by atoms with van der Waals surface area (Å²) in [6, 6.07) is 3.81. The number of ether oxygens (including phenoxy) is 2. The van der Waals surface area contributed by atoms with E-state index in [1.54, 1.807) is 13.3 Å². The van der Waals surface area contributed by atoms with E-state index in [4.69, 9.17) is 9.47 Å². The standard InChI is InChI=1S/C11H12N2O3/c1-15-11-7(14)5-16-8-3-2-6-4-12-13-10(6)9(8)11/h2-4,7,11,14H,5H2,1H3,(H,12,13). The van der Waals surface area contributed by atoms with Crippen LogP contribution in [0.1, 0.15) is 11.7 Å². The molecule has 0 fully saturated rings. The van der Waals surface area contributed by atoms with Gasteiger partial charge in [-0.25, -0.2) is 0 Å². The summed E-state index contributed by atoms with van der Waals surface area (Å²) in [5.74, 6) is 0.744. The van der Waals surface area contributed by atoms with Gasteiger partial charge >= 0.3 is 0 Å². The Morgan fingerprint density at radius 1 is 1.56 bits per heavy atom. The first-order valence-corrected chi connectivity index (χ1v) is 5.11. The smallest absolute Gasteiger partial charge is 0.127 e. The van der Waals surface area contributed by atoms with Gasteiger partial charge in [-0.05, 0) is 12.1 Å². The zero-order valence-electron chi connectivity index (χ0n) is 8.80. The van der Waals surface area contributed by atoms with Crippen LogP contribution in [0.15, 0.2) is 18.3 Å². The molecule has 84 valence electrons. The molecule has 1 aliphatic rings. The summed E-state index contributed by atoms with van der Waals surface area (Å²) in [6.45, 7) is 0.255. The molecule has 2 N–H and O–H groups in total. The molecular weight excluding hydrogens is 208 g/mol. The number of hydrogen-bond acceptors (Lipinski definition) is 4. The molecule has 2 unspecified atom stereocenters. The van der Waals surface area contributed by atoms with Crippen LogP contribution in [0.3, 0.4) is 0 Å².